The molecule has 2 unspecified atom stereocenters. The SMILES string of the molecule is CC(CNc1ncncc1N)S(C)=O. The Morgan fingerprint density at radius 2 is 2.43 bits per heavy atom. The standard InChI is InChI=1S/C8H14N4OS/c1-6(14(2)13)3-11-8-7(9)4-10-5-12-8/h4-6H,3,9H2,1-2H3,(H,10,11,12). The van der Waals surface area contributed by atoms with Gasteiger partial charge in [-0.2, -0.15) is 0 Å². The highest BCUT2D eigenvalue weighted by Gasteiger charge is 2.06. The van der Waals surface area contributed by atoms with Gasteiger partial charge in [0, 0.05) is 28.9 Å². The summed E-state index contributed by atoms with van der Waals surface area (Å²) in [6.45, 7) is 2.49. The molecule has 6 heteroatoms. The molecule has 0 amide bonds. The number of anilines is 2. The third-order valence-corrected chi connectivity index (χ3v) is 3.16. The molecule has 0 bridgehead atoms. The Morgan fingerprint density at radius 3 is 3.00 bits per heavy atom. The van der Waals surface area contributed by atoms with Crippen LogP contribution >= 0.6 is 0 Å². The zero-order valence-electron chi connectivity index (χ0n) is 8.23. The van der Waals surface area contributed by atoms with Crippen LogP contribution in [0.25, 0.3) is 0 Å². The summed E-state index contributed by atoms with van der Waals surface area (Å²) in [7, 11) is -0.837. The lowest BCUT2D eigenvalue weighted by atomic mass is 10.4. The lowest BCUT2D eigenvalue weighted by Crippen LogP contribution is -2.21. The van der Waals surface area contributed by atoms with E-state index >= 15 is 0 Å². The Morgan fingerprint density at radius 1 is 1.71 bits per heavy atom. The fourth-order valence-electron chi connectivity index (χ4n) is 0.846. The van der Waals surface area contributed by atoms with Crippen LogP contribution < -0.4 is 11.1 Å². The summed E-state index contributed by atoms with van der Waals surface area (Å²) in [4.78, 5) is 7.73. The Balaban J connectivity index is 2.54. The van der Waals surface area contributed by atoms with Gasteiger partial charge in [0.25, 0.3) is 0 Å². The van der Waals surface area contributed by atoms with Crippen molar-refractivity contribution in [3.8, 4) is 0 Å². The first kappa shape index (κ1) is 10.9. The van der Waals surface area contributed by atoms with Crippen LogP contribution in [0.15, 0.2) is 12.5 Å². The van der Waals surface area contributed by atoms with Crippen molar-refractivity contribution >= 4 is 22.3 Å². The largest absolute Gasteiger partial charge is 0.394 e. The van der Waals surface area contributed by atoms with E-state index in [1.807, 2.05) is 6.92 Å². The zero-order valence-corrected chi connectivity index (χ0v) is 9.04. The van der Waals surface area contributed by atoms with Gasteiger partial charge in [-0.15, -0.1) is 0 Å². The molecule has 0 aliphatic heterocycles. The molecule has 1 aromatic rings. The van der Waals surface area contributed by atoms with Crippen LogP contribution in [0, 0.1) is 0 Å². The average Bonchev–Trinajstić information content (AvgIpc) is 2.16. The first-order chi connectivity index (χ1) is 6.61. The van der Waals surface area contributed by atoms with Gasteiger partial charge in [0.15, 0.2) is 5.82 Å². The molecule has 0 saturated heterocycles. The fraction of sp³-hybridized carbons (Fsp3) is 0.500. The number of nitrogens with zero attached hydrogens (tertiary/aromatic N) is 2. The topological polar surface area (TPSA) is 80.9 Å². The van der Waals surface area contributed by atoms with Crippen LogP contribution in [0.4, 0.5) is 11.5 Å². The van der Waals surface area contributed by atoms with Gasteiger partial charge in [0.2, 0.25) is 0 Å². The number of hydrogen-bond acceptors (Lipinski definition) is 5. The van der Waals surface area contributed by atoms with Crippen molar-refractivity contribution in [2.45, 2.75) is 12.2 Å². The Bertz CT molecular complexity index is 331. The fourth-order valence-corrected chi connectivity index (χ4v) is 1.16. The zero-order chi connectivity index (χ0) is 10.6. The molecule has 3 N–H and O–H groups in total. The van der Waals surface area contributed by atoms with Gasteiger partial charge in [-0.05, 0) is 6.92 Å². The average molecular weight is 214 g/mol. The Hall–Kier alpha value is -1.17. The molecule has 2 atom stereocenters. The van der Waals surface area contributed by atoms with Crippen molar-refractivity contribution in [3.63, 3.8) is 0 Å². The van der Waals surface area contributed by atoms with Crippen molar-refractivity contribution in [1.29, 1.82) is 0 Å². The van der Waals surface area contributed by atoms with Crippen molar-refractivity contribution in [2.24, 2.45) is 0 Å². The Labute approximate surface area is 85.6 Å². The van der Waals surface area contributed by atoms with Crippen LogP contribution in [0.3, 0.4) is 0 Å². The number of hydrogen-bond donors (Lipinski definition) is 2. The highest BCUT2D eigenvalue weighted by Crippen LogP contribution is 2.11. The summed E-state index contributed by atoms with van der Waals surface area (Å²) >= 11 is 0. The van der Waals surface area contributed by atoms with Crippen LogP contribution in [0.1, 0.15) is 6.92 Å². The van der Waals surface area contributed by atoms with Gasteiger partial charge < -0.3 is 11.1 Å². The van der Waals surface area contributed by atoms with E-state index < -0.39 is 10.8 Å². The van der Waals surface area contributed by atoms with E-state index in [-0.39, 0.29) is 5.25 Å². The Kier molecular flexibility index (Phi) is 3.82. The predicted octanol–water partition coefficient (Wildman–Crippen LogP) is 0.238. The van der Waals surface area contributed by atoms with Gasteiger partial charge in [-0.3, -0.25) is 4.21 Å². The molecule has 78 valence electrons. The summed E-state index contributed by atoms with van der Waals surface area (Å²) in [5.74, 6) is 0.595. The van der Waals surface area contributed by atoms with Gasteiger partial charge in [-0.25, -0.2) is 9.97 Å². The van der Waals surface area contributed by atoms with E-state index in [9.17, 15) is 4.21 Å². The van der Waals surface area contributed by atoms with E-state index in [1.54, 1.807) is 6.26 Å². The summed E-state index contributed by atoms with van der Waals surface area (Å²) in [5.41, 5.74) is 6.12. The first-order valence-electron chi connectivity index (χ1n) is 4.23. The van der Waals surface area contributed by atoms with Gasteiger partial charge in [0.05, 0.1) is 11.9 Å². The van der Waals surface area contributed by atoms with Crippen molar-refractivity contribution in [1.82, 2.24) is 9.97 Å². The molecule has 1 rings (SSSR count). The highest BCUT2D eigenvalue weighted by molar-refractivity contribution is 7.84. The van der Waals surface area contributed by atoms with E-state index in [4.69, 9.17) is 5.73 Å². The van der Waals surface area contributed by atoms with Crippen LogP contribution in [0.5, 0.6) is 0 Å². The van der Waals surface area contributed by atoms with Crippen LogP contribution in [0.2, 0.25) is 0 Å². The van der Waals surface area contributed by atoms with Crippen LogP contribution in [-0.2, 0) is 10.8 Å². The number of nitrogen functional groups attached to an aromatic ring is 1. The monoisotopic (exact) mass is 214 g/mol. The first-order valence-corrected chi connectivity index (χ1v) is 5.85. The van der Waals surface area contributed by atoms with E-state index in [1.165, 1.54) is 12.5 Å². The van der Waals surface area contributed by atoms with Gasteiger partial charge in [0.1, 0.15) is 6.33 Å². The highest BCUT2D eigenvalue weighted by atomic mass is 32.2. The second kappa shape index (κ2) is 4.90. The third kappa shape index (κ3) is 2.95. The number of aromatic nitrogens is 2. The number of rotatable bonds is 4. The molecule has 0 aliphatic carbocycles. The minimum absolute atomic E-state index is 0.0735. The molecule has 14 heavy (non-hydrogen) atoms. The minimum Gasteiger partial charge on any atom is -0.394 e. The molecule has 0 aliphatic rings. The number of nitrogens with one attached hydrogen (secondary N) is 1. The normalized spacial score (nSPS) is 14.7. The van der Waals surface area contributed by atoms with E-state index in [0.717, 1.165) is 0 Å². The third-order valence-electron chi connectivity index (χ3n) is 1.86. The molecule has 0 spiro atoms. The summed E-state index contributed by atoms with van der Waals surface area (Å²) in [6, 6.07) is 0. The molecule has 0 fully saturated rings. The van der Waals surface area contributed by atoms with Crippen molar-refractivity contribution < 1.29 is 4.21 Å². The van der Waals surface area contributed by atoms with E-state index in [0.29, 0.717) is 18.1 Å². The van der Waals surface area contributed by atoms with Gasteiger partial charge >= 0.3 is 0 Å². The second-order valence-electron chi connectivity index (χ2n) is 3.02. The molecule has 1 aromatic heterocycles. The predicted molar refractivity (Wildman–Crippen MR) is 58.5 cm³/mol. The molecular weight excluding hydrogens is 200 g/mol. The molecule has 1 heterocycles. The lowest BCUT2D eigenvalue weighted by molar-refractivity contribution is 0.679. The molecule has 0 aromatic carbocycles. The van der Waals surface area contributed by atoms with Crippen molar-refractivity contribution in [2.75, 3.05) is 23.9 Å². The second-order valence-corrected chi connectivity index (χ2v) is 4.82. The number of nitrogens with two attached hydrogens (primary N) is 1. The minimum atomic E-state index is -0.837. The van der Waals surface area contributed by atoms with Crippen LogP contribution in [-0.4, -0.2) is 32.2 Å². The summed E-state index contributed by atoms with van der Waals surface area (Å²) in [6.07, 6.45) is 4.63. The molecule has 5 nitrogen and oxygen atoms in total. The smallest absolute Gasteiger partial charge is 0.152 e. The maximum atomic E-state index is 11.1. The summed E-state index contributed by atoms with van der Waals surface area (Å²) in [5, 5.41) is 3.10. The molecule has 0 radical (unpaired) electrons. The van der Waals surface area contributed by atoms with E-state index in [2.05, 4.69) is 15.3 Å². The quantitative estimate of drug-likeness (QED) is 0.750. The van der Waals surface area contributed by atoms with Crippen molar-refractivity contribution in [3.05, 3.63) is 12.5 Å². The summed E-state index contributed by atoms with van der Waals surface area (Å²) < 4.78 is 11.1. The van der Waals surface area contributed by atoms with Gasteiger partial charge in [-0.1, -0.05) is 0 Å². The molecule has 0 saturated carbocycles. The maximum absolute atomic E-state index is 11.1. The lowest BCUT2D eigenvalue weighted by Gasteiger charge is -2.11. The molecular formula is C8H14N4OS. The maximum Gasteiger partial charge on any atom is 0.152 e.